The Hall–Kier alpha value is -2.83. The maximum Gasteiger partial charge on any atom is 0.257 e. The number of benzene rings is 2. The van der Waals surface area contributed by atoms with Crippen LogP contribution in [0.2, 0.25) is 5.02 Å². The van der Waals surface area contributed by atoms with Gasteiger partial charge in [0.05, 0.1) is 21.8 Å². The third-order valence-electron chi connectivity index (χ3n) is 7.19. The summed E-state index contributed by atoms with van der Waals surface area (Å²) in [4.78, 5) is 15.5. The average Bonchev–Trinajstić information content (AvgIpc) is 3.13. The molecule has 3 heterocycles. The van der Waals surface area contributed by atoms with Crippen LogP contribution in [-0.4, -0.2) is 46.3 Å². The number of ether oxygens (including phenoxy) is 1. The van der Waals surface area contributed by atoms with Gasteiger partial charge < -0.3 is 15.0 Å². The number of piperidine rings is 1. The topological polar surface area (TPSA) is 59.4 Å². The van der Waals surface area contributed by atoms with Gasteiger partial charge in [0.25, 0.3) is 5.91 Å². The van der Waals surface area contributed by atoms with E-state index < -0.39 is 5.60 Å². The molecule has 1 fully saturated rings. The first-order chi connectivity index (χ1) is 16.7. The third kappa shape index (κ3) is 4.95. The normalized spacial score (nSPS) is 17.9. The van der Waals surface area contributed by atoms with Crippen LogP contribution < -0.4 is 10.1 Å². The highest BCUT2D eigenvalue weighted by Gasteiger charge is 2.25. The van der Waals surface area contributed by atoms with Crippen molar-refractivity contribution in [2.24, 2.45) is 5.92 Å². The smallest absolute Gasteiger partial charge is 0.257 e. The Labute approximate surface area is 211 Å². The zero-order valence-electron chi connectivity index (χ0n) is 20.9. The summed E-state index contributed by atoms with van der Waals surface area (Å²) in [6.07, 6.45) is 7.49. The molecule has 5 rings (SSSR count). The van der Waals surface area contributed by atoms with Crippen molar-refractivity contribution in [3.63, 3.8) is 0 Å². The molecule has 1 N–H and O–H groups in total. The molecule has 0 bridgehead atoms. The largest absolute Gasteiger partial charge is 0.483 e. The number of rotatable bonds is 5. The summed E-state index contributed by atoms with van der Waals surface area (Å²) in [6, 6.07) is 9.51. The molecular formula is C28H33ClN4O2. The van der Waals surface area contributed by atoms with Crippen molar-refractivity contribution in [3.8, 4) is 5.75 Å². The van der Waals surface area contributed by atoms with Crippen LogP contribution in [0, 0.1) is 12.8 Å². The summed E-state index contributed by atoms with van der Waals surface area (Å²) < 4.78 is 8.07. The SMILES string of the molecule is Cc1nn(CCC2CCN(C)CC2)c2cc(NC(=O)c3ccc4c(c3Cl)C=CC(C)(C)O4)ccc12. The summed E-state index contributed by atoms with van der Waals surface area (Å²) in [5.41, 5.74) is 3.54. The van der Waals surface area contributed by atoms with Gasteiger partial charge in [-0.1, -0.05) is 11.6 Å². The quantitative estimate of drug-likeness (QED) is 0.463. The lowest BCUT2D eigenvalue weighted by molar-refractivity contribution is 0.102. The lowest BCUT2D eigenvalue weighted by Gasteiger charge is -2.28. The van der Waals surface area contributed by atoms with Gasteiger partial charge in [-0.25, -0.2) is 0 Å². The molecule has 2 aromatic carbocycles. The molecular weight excluding hydrogens is 460 g/mol. The highest BCUT2D eigenvalue weighted by molar-refractivity contribution is 6.36. The number of carbonyl (C=O) groups excluding carboxylic acids is 1. The van der Waals surface area contributed by atoms with Gasteiger partial charge >= 0.3 is 0 Å². The minimum Gasteiger partial charge on any atom is -0.483 e. The van der Waals surface area contributed by atoms with Crippen LogP contribution in [0.4, 0.5) is 5.69 Å². The van der Waals surface area contributed by atoms with E-state index >= 15 is 0 Å². The lowest BCUT2D eigenvalue weighted by atomic mass is 9.94. The second kappa shape index (κ2) is 9.32. The number of hydrogen-bond donors (Lipinski definition) is 1. The van der Waals surface area contributed by atoms with Crippen molar-refractivity contribution in [3.05, 3.63) is 58.3 Å². The van der Waals surface area contributed by atoms with Crippen LogP contribution >= 0.6 is 11.6 Å². The Bertz CT molecular complexity index is 1300. The number of amides is 1. The average molecular weight is 493 g/mol. The first kappa shape index (κ1) is 23.9. The monoisotopic (exact) mass is 492 g/mol. The van der Waals surface area contributed by atoms with E-state index in [0.717, 1.165) is 46.7 Å². The van der Waals surface area contributed by atoms with Gasteiger partial charge in [-0.2, -0.15) is 5.10 Å². The van der Waals surface area contributed by atoms with E-state index in [1.165, 1.54) is 25.9 Å². The number of nitrogens with zero attached hydrogens (tertiary/aromatic N) is 3. The predicted octanol–water partition coefficient (Wildman–Crippen LogP) is 6.17. The molecule has 6 nitrogen and oxygen atoms in total. The first-order valence-electron chi connectivity index (χ1n) is 12.4. The summed E-state index contributed by atoms with van der Waals surface area (Å²) in [5.74, 6) is 1.18. The van der Waals surface area contributed by atoms with Crippen LogP contribution in [0.1, 0.15) is 54.7 Å². The summed E-state index contributed by atoms with van der Waals surface area (Å²) in [5, 5.41) is 9.33. The van der Waals surface area contributed by atoms with Gasteiger partial charge in [0.1, 0.15) is 11.4 Å². The van der Waals surface area contributed by atoms with E-state index in [2.05, 4.69) is 21.9 Å². The zero-order valence-corrected chi connectivity index (χ0v) is 21.7. The Balaban J connectivity index is 1.34. The maximum atomic E-state index is 13.1. The molecule has 0 spiro atoms. The van der Waals surface area contributed by atoms with Gasteiger partial charge in [-0.15, -0.1) is 0 Å². The number of likely N-dealkylation sites (tertiary alicyclic amines) is 1. The zero-order chi connectivity index (χ0) is 24.7. The van der Waals surface area contributed by atoms with Crippen molar-refractivity contribution in [2.75, 3.05) is 25.5 Å². The third-order valence-corrected chi connectivity index (χ3v) is 7.60. The Morgan fingerprint density at radius 2 is 2.00 bits per heavy atom. The van der Waals surface area contributed by atoms with Crippen LogP contribution in [0.3, 0.4) is 0 Å². The van der Waals surface area contributed by atoms with Crippen molar-refractivity contribution >= 4 is 40.2 Å². The Morgan fingerprint density at radius 1 is 1.23 bits per heavy atom. The van der Waals surface area contributed by atoms with Gasteiger partial charge in [0, 0.05) is 23.2 Å². The Kier molecular flexibility index (Phi) is 6.36. The number of aryl methyl sites for hydroxylation is 2. The van der Waals surface area contributed by atoms with E-state index in [1.54, 1.807) is 6.07 Å². The highest BCUT2D eigenvalue weighted by Crippen LogP contribution is 2.37. The van der Waals surface area contributed by atoms with Crippen molar-refractivity contribution in [2.45, 2.75) is 52.2 Å². The summed E-state index contributed by atoms with van der Waals surface area (Å²) in [7, 11) is 2.19. The molecule has 2 aliphatic rings. The molecule has 1 saturated heterocycles. The van der Waals surface area contributed by atoms with Crippen LogP contribution in [0.25, 0.3) is 17.0 Å². The minimum absolute atomic E-state index is 0.246. The van der Waals surface area contributed by atoms with Gasteiger partial charge in [-0.05, 0) is 109 Å². The molecule has 7 heteroatoms. The van der Waals surface area contributed by atoms with Crippen LogP contribution in [0.15, 0.2) is 36.4 Å². The van der Waals surface area contributed by atoms with Crippen molar-refractivity contribution in [1.29, 1.82) is 0 Å². The standard InChI is InChI=1S/C28H33ClN4O2/c1-18-21-6-5-20(17-24(21)33(31-18)16-12-19-10-14-32(4)15-11-19)30-27(34)23-7-8-25-22(26(23)29)9-13-28(2,3)35-25/h5-9,13,17,19H,10-12,14-16H2,1-4H3,(H,30,34). The van der Waals surface area contributed by atoms with E-state index in [1.807, 2.05) is 57.2 Å². The number of carbonyl (C=O) groups is 1. The second-order valence-corrected chi connectivity index (χ2v) is 10.8. The fourth-order valence-electron chi connectivity index (χ4n) is 5.04. The van der Waals surface area contributed by atoms with Gasteiger partial charge in [0.2, 0.25) is 0 Å². The molecule has 1 amide bonds. The number of aromatic nitrogens is 2. The second-order valence-electron chi connectivity index (χ2n) is 10.4. The molecule has 0 unspecified atom stereocenters. The molecule has 0 radical (unpaired) electrons. The number of nitrogens with one attached hydrogen (secondary N) is 1. The van der Waals surface area contributed by atoms with Crippen LogP contribution in [-0.2, 0) is 6.54 Å². The van der Waals surface area contributed by atoms with E-state index in [9.17, 15) is 4.79 Å². The van der Waals surface area contributed by atoms with Gasteiger partial charge in [0.15, 0.2) is 0 Å². The number of anilines is 1. The van der Waals surface area contributed by atoms with E-state index in [0.29, 0.717) is 16.3 Å². The fraction of sp³-hybridized carbons (Fsp3) is 0.429. The molecule has 184 valence electrons. The fourth-order valence-corrected chi connectivity index (χ4v) is 5.34. The van der Waals surface area contributed by atoms with Crippen molar-refractivity contribution in [1.82, 2.24) is 14.7 Å². The van der Waals surface area contributed by atoms with Gasteiger partial charge in [-0.3, -0.25) is 9.48 Å². The maximum absolute atomic E-state index is 13.1. The number of fused-ring (bicyclic) bond motifs is 2. The molecule has 35 heavy (non-hydrogen) atoms. The van der Waals surface area contributed by atoms with E-state index in [-0.39, 0.29) is 5.91 Å². The predicted molar refractivity (Wildman–Crippen MR) is 142 cm³/mol. The molecule has 2 aliphatic heterocycles. The summed E-state index contributed by atoms with van der Waals surface area (Å²) >= 11 is 6.62. The molecule has 1 aromatic heterocycles. The summed E-state index contributed by atoms with van der Waals surface area (Å²) in [6.45, 7) is 9.23. The molecule has 0 aliphatic carbocycles. The van der Waals surface area contributed by atoms with Crippen molar-refractivity contribution < 1.29 is 9.53 Å². The first-order valence-corrected chi connectivity index (χ1v) is 12.8. The van der Waals surface area contributed by atoms with E-state index in [4.69, 9.17) is 21.4 Å². The number of hydrogen-bond acceptors (Lipinski definition) is 4. The van der Waals surface area contributed by atoms with Crippen LogP contribution in [0.5, 0.6) is 5.75 Å². The minimum atomic E-state index is -0.399. The molecule has 3 aromatic rings. The lowest BCUT2D eigenvalue weighted by Crippen LogP contribution is -2.30. The highest BCUT2D eigenvalue weighted by atomic mass is 35.5. The molecule has 0 saturated carbocycles. The number of halogens is 1. The Morgan fingerprint density at radius 3 is 2.77 bits per heavy atom. The molecule has 0 atom stereocenters.